The molecular weight excluding hydrogens is 228 g/mol. The van der Waals surface area contributed by atoms with Gasteiger partial charge in [0.25, 0.3) is 0 Å². The second-order valence-electron chi connectivity index (χ2n) is 5.13. The molecule has 0 heterocycles. The number of aldehydes is 1. The van der Waals surface area contributed by atoms with Crippen molar-refractivity contribution in [2.75, 3.05) is 0 Å². The van der Waals surface area contributed by atoms with Crippen LogP contribution in [0.1, 0.15) is 53.4 Å². The summed E-state index contributed by atoms with van der Waals surface area (Å²) in [5, 5.41) is 0. The molecule has 2 atom stereocenters. The van der Waals surface area contributed by atoms with E-state index in [1.54, 1.807) is 0 Å². The van der Waals surface area contributed by atoms with E-state index in [-0.39, 0.29) is 12.1 Å². The predicted molar refractivity (Wildman–Crippen MR) is 68.6 cm³/mol. The number of carbonyl (C=O) groups is 2. The fraction of sp³-hybridized carbons (Fsp3) is 0.467. The summed E-state index contributed by atoms with van der Waals surface area (Å²) >= 11 is 0. The molecule has 0 fully saturated rings. The Hall–Kier alpha value is -1.64. The first kappa shape index (κ1) is 12.8. The maximum absolute atomic E-state index is 11.3. The third kappa shape index (κ3) is 2.30. The van der Waals surface area contributed by atoms with E-state index in [0.29, 0.717) is 11.5 Å². The van der Waals surface area contributed by atoms with Crippen LogP contribution in [0.15, 0.2) is 12.1 Å². The third-order valence-corrected chi connectivity index (χ3v) is 3.53. The molecule has 3 nitrogen and oxygen atoms in total. The molecular formula is C15H18O3. The average Bonchev–Trinajstić information content (AvgIpc) is 2.28. The molecule has 0 N–H and O–H groups in total. The Labute approximate surface area is 107 Å². The number of benzene rings is 1. The molecule has 18 heavy (non-hydrogen) atoms. The minimum Gasteiger partial charge on any atom is -0.458 e. The summed E-state index contributed by atoms with van der Waals surface area (Å²) < 4.78 is 5.39. The second-order valence-corrected chi connectivity index (χ2v) is 5.13. The lowest BCUT2D eigenvalue weighted by atomic mass is 9.80. The van der Waals surface area contributed by atoms with E-state index < -0.39 is 0 Å². The van der Waals surface area contributed by atoms with Crippen LogP contribution in [0.25, 0.3) is 0 Å². The molecule has 1 aliphatic carbocycles. The second kappa shape index (κ2) is 4.92. The molecule has 0 saturated carbocycles. The van der Waals surface area contributed by atoms with Crippen molar-refractivity contribution in [1.29, 1.82) is 0 Å². The average molecular weight is 246 g/mol. The van der Waals surface area contributed by atoms with E-state index in [9.17, 15) is 9.59 Å². The van der Waals surface area contributed by atoms with E-state index >= 15 is 0 Å². The van der Waals surface area contributed by atoms with Crippen LogP contribution in [-0.2, 0) is 16.0 Å². The zero-order valence-electron chi connectivity index (χ0n) is 11.0. The standard InChI is InChI=1S/C15H18O3/c1-9-6-12-5-4-10(2)13(8-16)15(12)14(7-9)18-11(3)17/h4-5,8-9,14H,6-7H2,1-3H3/t9-,14-/m1/s1. The van der Waals surface area contributed by atoms with Crippen LogP contribution in [0.4, 0.5) is 0 Å². The van der Waals surface area contributed by atoms with Gasteiger partial charge in [0.1, 0.15) is 6.10 Å². The zero-order valence-corrected chi connectivity index (χ0v) is 11.0. The van der Waals surface area contributed by atoms with E-state index in [4.69, 9.17) is 4.74 Å². The maximum atomic E-state index is 11.3. The Morgan fingerprint density at radius 3 is 2.78 bits per heavy atom. The fourth-order valence-electron chi connectivity index (χ4n) is 2.75. The summed E-state index contributed by atoms with van der Waals surface area (Å²) in [4.78, 5) is 22.5. The first-order valence-electron chi connectivity index (χ1n) is 6.27. The number of esters is 1. The lowest BCUT2D eigenvalue weighted by Crippen LogP contribution is -2.22. The molecule has 0 saturated heterocycles. The highest BCUT2D eigenvalue weighted by Crippen LogP contribution is 2.38. The Morgan fingerprint density at radius 1 is 1.44 bits per heavy atom. The largest absolute Gasteiger partial charge is 0.458 e. The Kier molecular flexibility index (Phi) is 3.50. The van der Waals surface area contributed by atoms with E-state index in [1.807, 2.05) is 19.1 Å². The summed E-state index contributed by atoms with van der Waals surface area (Å²) in [6.07, 6.45) is 2.33. The lowest BCUT2D eigenvalue weighted by Gasteiger charge is -2.30. The van der Waals surface area contributed by atoms with Gasteiger partial charge in [0.2, 0.25) is 0 Å². The molecule has 96 valence electrons. The van der Waals surface area contributed by atoms with Gasteiger partial charge in [-0.2, -0.15) is 0 Å². The van der Waals surface area contributed by atoms with Crippen molar-refractivity contribution in [2.24, 2.45) is 5.92 Å². The highest BCUT2D eigenvalue weighted by atomic mass is 16.5. The van der Waals surface area contributed by atoms with Crippen LogP contribution in [0, 0.1) is 12.8 Å². The van der Waals surface area contributed by atoms with Crippen LogP contribution in [-0.4, -0.2) is 12.3 Å². The number of aryl methyl sites for hydroxylation is 1. The summed E-state index contributed by atoms with van der Waals surface area (Å²) in [7, 11) is 0. The Morgan fingerprint density at radius 2 is 2.17 bits per heavy atom. The first-order chi connectivity index (χ1) is 8.52. The van der Waals surface area contributed by atoms with Crippen LogP contribution in [0.5, 0.6) is 0 Å². The predicted octanol–water partition coefficient (Wildman–Crippen LogP) is 2.99. The molecule has 1 aromatic carbocycles. The van der Waals surface area contributed by atoms with Crippen LogP contribution in [0.2, 0.25) is 0 Å². The van der Waals surface area contributed by atoms with Crippen molar-refractivity contribution in [1.82, 2.24) is 0 Å². The summed E-state index contributed by atoms with van der Waals surface area (Å²) in [5.41, 5.74) is 3.67. The Balaban J connectivity index is 2.53. The third-order valence-electron chi connectivity index (χ3n) is 3.53. The van der Waals surface area contributed by atoms with E-state index in [1.165, 1.54) is 6.92 Å². The van der Waals surface area contributed by atoms with E-state index in [0.717, 1.165) is 35.8 Å². The van der Waals surface area contributed by atoms with Crippen molar-refractivity contribution in [3.05, 3.63) is 34.4 Å². The number of fused-ring (bicyclic) bond motifs is 1. The van der Waals surface area contributed by atoms with Crippen molar-refractivity contribution in [3.63, 3.8) is 0 Å². The minimum absolute atomic E-state index is 0.277. The highest BCUT2D eigenvalue weighted by Gasteiger charge is 2.29. The molecule has 1 aromatic rings. The van der Waals surface area contributed by atoms with E-state index in [2.05, 4.69) is 6.92 Å². The quantitative estimate of drug-likeness (QED) is 0.595. The first-order valence-corrected chi connectivity index (χ1v) is 6.27. The van der Waals surface area contributed by atoms with Gasteiger partial charge in [-0.15, -0.1) is 0 Å². The van der Waals surface area contributed by atoms with Gasteiger partial charge in [-0.05, 0) is 36.8 Å². The Bertz CT molecular complexity index is 491. The topological polar surface area (TPSA) is 43.4 Å². The molecule has 0 aliphatic heterocycles. The monoisotopic (exact) mass is 246 g/mol. The van der Waals surface area contributed by atoms with Crippen molar-refractivity contribution < 1.29 is 14.3 Å². The van der Waals surface area contributed by atoms with Crippen LogP contribution >= 0.6 is 0 Å². The highest BCUT2D eigenvalue weighted by molar-refractivity contribution is 5.81. The smallest absolute Gasteiger partial charge is 0.303 e. The van der Waals surface area contributed by atoms with Gasteiger partial charge in [-0.3, -0.25) is 9.59 Å². The molecule has 0 spiro atoms. The summed E-state index contributed by atoms with van der Waals surface area (Å²) in [6, 6.07) is 4.01. The van der Waals surface area contributed by atoms with Gasteiger partial charge >= 0.3 is 5.97 Å². The normalized spacial score (nSPS) is 22.2. The molecule has 3 heteroatoms. The van der Waals surface area contributed by atoms with Crippen molar-refractivity contribution >= 4 is 12.3 Å². The SMILES string of the molecule is CC(=O)O[C@@H]1C[C@H](C)Cc2ccc(C)c(C=O)c21. The number of hydrogen-bond acceptors (Lipinski definition) is 3. The van der Waals surface area contributed by atoms with Gasteiger partial charge in [-0.25, -0.2) is 0 Å². The number of ether oxygens (including phenoxy) is 1. The molecule has 0 unspecified atom stereocenters. The molecule has 1 aliphatic rings. The van der Waals surface area contributed by atoms with Crippen LogP contribution < -0.4 is 0 Å². The molecule has 2 rings (SSSR count). The maximum Gasteiger partial charge on any atom is 0.303 e. The van der Waals surface area contributed by atoms with Crippen LogP contribution in [0.3, 0.4) is 0 Å². The lowest BCUT2D eigenvalue weighted by molar-refractivity contribution is -0.147. The molecule has 0 bridgehead atoms. The van der Waals surface area contributed by atoms with Gasteiger partial charge in [0.05, 0.1) is 0 Å². The molecule has 0 amide bonds. The molecule has 0 aromatic heterocycles. The fourth-order valence-corrected chi connectivity index (χ4v) is 2.75. The molecule has 0 radical (unpaired) electrons. The number of hydrogen-bond donors (Lipinski definition) is 0. The summed E-state index contributed by atoms with van der Waals surface area (Å²) in [6.45, 7) is 5.46. The van der Waals surface area contributed by atoms with Gasteiger partial charge < -0.3 is 4.74 Å². The number of carbonyl (C=O) groups excluding carboxylic acids is 2. The van der Waals surface area contributed by atoms with Gasteiger partial charge in [0, 0.05) is 18.1 Å². The van der Waals surface area contributed by atoms with Crippen molar-refractivity contribution in [2.45, 2.75) is 39.7 Å². The number of rotatable bonds is 2. The minimum atomic E-state index is -0.293. The van der Waals surface area contributed by atoms with Gasteiger partial charge in [-0.1, -0.05) is 19.1 Å². The zero-order chi connectivity index (χ0) is 13.3. The van der Waals surface area contributed by atoms with Gasteiger partial charge in [0.15, 0.2) is 6.29 Å². The van der Waals surface area contributed by atoms with Crippen molar-refractivity contribution in [3.8, 4) is 0 Å². The summed E-state index contributed by atoms with van der Waals surface area (Å²) in [5.74, 6) is 0.169.